The normalized spacial score (nSPS) is 17.2. The third-order valence-electron chi connectivity index (χ3n) is 3.40. The van der Waals surface area contributed by atoms with E-state index >= 15 is 0 Å². The molecule has 2 rings (SSSR count). The van der Waals surface area contributed by atoms with Crippen molar-refractivity contribution in [2.24, 2.45) is 0 Å². The first kappa shape index (κ1) is 14.7. The summed E-state index contributed by atoms with van der Waals surface area (Å²) in [7, 11) is 0. The van der Waals surface area contributed by atoms with Crippen molar-refractivity contribution in [3.8, 4) is 0 Å². The van der Waals surface area contributed by atoms with Crippen LogP contribution in [0.4, 0.5) is 0 Å². The fourth-order valence-corrected chi connectivity index (χ4v) is 3.75. The van der Waals surface area contributed by atoms with E-state index in [1.165, 1.54) is 6.42 Å². The molecule has 1 saturated carbocycles. The summed E-state index contributed by atoms with van der Waals surface area (Å²) in [6.45, 7) is 0.560. The van der Waals surface area contributed by atoms with E-state index in [4.69, 9.17) is 5.11 Å². The van der Waals surface area contributed by atoms with Crippen LogP contribution < -0.4 is 0 Å². The Bertz CT molecular complexity index is 455. The van der Waals surface area contributed by atoms with Gasteiger partial charge in [0, 0.05) is 11.3 Å². The number of nitrogens with zero attached hydrogens (tertiary/aromatic N) is 3. The quantitative estimate of drug-likeness (QED) is 0.732. The number of hydrogen-bond acceptors (Lipinski definition) is 6. The molecule has 0 spiro atoms. The molecule has 6 nitrogen and oxygen atoms in total. The second kappa shape index (κ2) is 6.15. The largest absolute Gasteiger partial charge is 0.481 e. The molecule has 1 aliphatic carbocycles. The standard InChI is InChI=1S/C11H17N3O3S2/c1-18-11(3-2-4-11)7-14-8(5-15)12-13-10(14)19-6-9(16)17/h15H,2-7H2,1H3,(H,16,17). The van der Waals surface area contributed by atoms with Crippen LogP contribution in [0.5, 0.6) is 0 Å². The van der Waals surface area contributed by atoms with Gasteiger partial charge in [-0.3, -0.25) is 4.79 Å². The van der Waals surface area contributed by atoms with Gasteiger partial charge in [-0.2, -0.15) is 11.8 Å². The predicted octanol–water partition coefficient (Wildman–Crippen LogP) is 1.23. The van der Waals surface area contributed by atoms with Gasteiger partial charge in [-0.05, 0) is 19.1 Å². The molecule has 19 heavy (non-hydrogen) atoms. The summed E-state index contributed by atoms with van der Waals surface area (Å²) in [4.78, 5) is 10.6. The van der Waals surface area contributed by atoms with E-state index in [1.807, 2.05) is 16.3 Å². The smallest absolute Gasteiger partial charge is 0.313 e. The molecular formula is C11H17N3O3S2. The first-order chi connectivity index (χ1) is 9.10. The molecule has 2 N–H and O–H groups in total. The van der Waals surface area contributed by atoms with E-state index in [1.54, 1.807) is 0 Å². The number of carbonyl (C=O) groups is 1. The predicted molar refractivity (Wildman–Crippen MR) is 74.4 cm³/mol. The monoisotopic (exact) mass is 303 g/mol. The van der Waals surface area contributed by atoms with Crippen molar-refractivity contribution in [2.75, 3.05) is 12.0 Å². The fourth-order valence-electron chi connectivity index (χ4n) is 2.11. The van der Waals surface area contributed by atoms with Crippen molar-refractivity contribution in [3.05, 3.63) is 5.82 Å². The average Bonchev–Trinajstić information content (AvgIpc) is 2.73. The van der Waals surface area contributed by atoms with Gasteiger partial charge in [-0.15, -0.1) is 10.2 Å². The number of carboxylic acid groups (broad SMARTS) is 1. The number of hydrogen-bond donors (Lipinski definition) is 2. The molecule has 0 unspecified atom stereocenters. The lowest BCUT2D eigenvalue weighted by atomic mass is 9.84. The molecule has 1 heterocycles. The number of aliphatic hydroxyl groups excluding tert-OH is 1. The minimum absolute atomic E-state index is 0.0458. The van der Waals surface area contributed by atoms with E-state index in [0.29, 0.717) is 11.0 Å². The van der Waals surface area contributed by atoms with Crippen molar-refractivity contribution >= 4 is 29.5 Å². The highest BCUT2D eigenvalue weighted by atomic mass is 32.2. The van der Waals surface area contributed by atoms with Crippen LogP contribution in [0.25, 0.3) is 0 Å². The molecular weight excluding hydrogens is 286 g/mol. The third-order valence-corrected chi connectivity index (χ3v) is 5.76. The zero-order chi connectivity index (χ0) is 13.9. The highest BCUT2D eigenvalue weighted by molar-refractivity contribution is 8.00. The second-order valence-corrected chi connectivity index (χ2v) is 6.78. The van der Waals surface area contributed by atoms with Gasteiger partial charge < -0.3 is 14.8 Å². The molecule has 0 saturated heterocycles. The highest BCUT2D eigenvalue weighted by Crippen LogP contribution is 2.44. The van der Waals surface area contributed by atoms with Crippen LogP contribution in [0.2, 0.25) is 0 Å². The van der Waals surface area contributed by atoms with Crippen LogP contribution in [0.3, 0.4) is 0 Å². The lowest BCUT2D eigenvalue weighted by molar-refractivity contribution is -0.133. The number of aliphatic hydroxyl groups is 1. The molecule has 0 aromatic carbocycles. The van der Waals surface area contributed by atoms with Gasteiger partial charge in [0.2, 0.25) is 0 Å². The van der Waals surface area contributed by atoms with Crippen molar-refractivity contribution in [2.45, 2.75) is 42.3 Å². The Balaban J connectivity index is 2.16. The summed E-state index contributed by atoms with van der Waals surface area (Å²) in [5.74, 6) is -0.419. The van der Waals surface area contributed by atoms with E-state index in [0.717, 1.165) is 31.1 Å². The van der Waals surface area contributed by atoms with Gasteiger partial charge in [0.1, 0.15) is 6.61 Å². The maximum absolute atomic E-state index is 10.6. The molecule has 0 atom stereocenters. The SMILES string of the molecule is CSC1(Cn2c(CO)nnc2SCC(=O)O)CCC1. The number of carboxylic acids is 1. The third kappa shape index (κ3) is 3.24. The fraction of sp³-hybridized carbons (Fsp3) is 0.727. The first-order valence-corrected chi connectivity index (χ1v) is 8.24. The summed E-state index contributed by atoms with van der Waals surface area (Å²) >= 11 is 2.97. The van der Waals surface area contributed by atoms with Crippen LogP contribution >= 0.6 is 23.5 Å². The van der Waals surface area contributed by atoms with Gasteiger partial charge in [-0.1, -0.05) is 18.2 Å². The maximum Gasteiger partial charge on any atom is 0.313 e. The van der Waals surface area contributed by atoms with E-state index in [-0.39, 0.29) is 17.1 Å². The van der Waals surface area contributed by atoms with Crippen LogP contribution in [0.15, 0.2) is 5.16 Å². The molecule has 1 aromatic heterocycles. The van der Waals surface area contributed by atoms with Crippen LogP contribution in [-0.4, -0.2) is 47.7 Å². The summed E-state index contributed by atoms with van der Waals surface area (Å²) < 4.78 is 2.05. The molecule has 8 heteroatoms. The Morgan fingerprint density at radius 2 is 2.21 bits per heavy atom. The van der Waals surface area contributed by atoms with Gasteiger partial charge in [0.25, 0.3) is 0 Å². The highest BCUT2D eigenvalue weighted by Gasteiger charge is 2.37. The summed E-state index contributed by atoms with van der Waals surface area (Å²) in [5, 5.41) is 26.5. The zero-order valence-corrected chi connectivity index (χ0v) is 12.3. The Morgan fingerprint density at radius 3 is 2.68 bits per heavy atom. The second-order valence-electron chi connectivity index (χ2n) is 4.57. The van der Waals surface area contributed by atoms with Gasteiger partial charge in [0.15, 0.2) is 11.0 Å². The van der Waals surface area contributed by atoms with Crippen molar-refractivity contribution in [3.63, 3.8) is 0 Å². The van der Waals surface area contributed by atoms with Gasteiger partial charge in [-0.25, -0.2) is 0 Å². The van der Waals surface area contributed by atoms with Crippen LogP contribution in [-0.2, 0) is 17.9 Å². The summed E-state index contributed by atoms with van der Waals surface area (Å²) in [6, 6.07) is 0. The minimum Gasteiger partial charge on any atom is -0.481 e. The lowest BCUT2D eigenvalue weighted by Crippen LogP contribution is -2.38. The summed E-state index contributed by atoms with van der Waals surface area (Å²) in [5.41, 5.74) is 0. The van der Waals surface area contributed by atoms with Gasteiger partial charge in [0.05, 0.1) is 5.75 Å². The number of rotatable bonds is 7. The maximum atomic E-state index is 10.6. The van der Waals surface area contributed by atoms with E-state index in [9.17, 15) is 9.90 Å². The Labute approximate surface area is 120 Å². The molecule has 106 valence electrons. The van der Waals surface area contributed by atoms with E-state index in [2.05, 4.69) is 16.5 Å². The zero-order valence-electron chi connectivity index (χ0n) is 10.7. The minimum atomic E-state index is -0.881. The van der Waals surface area contributed by atoms with Crippen LogP contribution in [0, 0.1) is 0 Å². The summed E-state index contributed by atoms with van der Waals surface area (Å²) in [6.07, 6.45) is 5.59. The topological polar surface area (TPSA) is 88.2 Å². The molecule has 0 radical (unpaired) electrons. The first-order valence-electron chi connectivity index (χ1n) is 6.03. The molecule has 0 bridgehead atoms. The van der Waals surface area contributed by atoms with Crippen molar-refractivity contribution in [1.29, 1.82) is 0 Å². The number of aromatic nitrogens is 3. The number of aliphatic carboxylic acids is 1. The average molecular weight is 303 g/mol. The van der Waals surface area contributed by atoms with Crippen LogP contribution in [0.1, 0.15) is 25.1 Å². The molecule has 0 aliphatic heterocycles. The Hall–Kier alpha value is -0.730. The lowest BCUT2D eigenvalue weighted by Gasteiger charge is -2.41. The molecule has 1 aromatic rings. The van der Waals surface area contributed by atoms with Crippen molar-refractivity contribution < 1.29 is 15.0 Å². The van der Waals surface area contributed by atoms with Crippen molar-refractivity contribution in [1.82, 2.24) is 14.8 Å². The molecule has 1 fully saturated rings. The number of thioether (sulfide) groups is 2. The Kier molecular flexibility index (Phi) is 4.75. The molecule has 1 aliphatic rings. The molecule has 0 amide bonds. The van der Waals surface area contributed by atoms with E-state index < -0.39 is 5.97 Å². The Morgan fingerprint density at radius 1 is 1.47 bits per heavy atom. The van der Waals surface area contributed by atoms with Gasteiger partial charge >= 0.3 is 5.97 Å².